The first-order valence-electron chi connectivity index (χ1n) is 5.71. The summed E-state index contributed by atoms with van der Waals surface area (Å²) in [5.41, 5.74) is 0.691. The monoisotopic (exact) mass is 223 g/mol. The molecule has 0 radical (unpaired) electrons. The molecule has 1 rings (SSSR count). The van der Waals surface area contributed by atoms with E-state index in [1.54, 1.807) is 6.33 Å². The second kappa shape index (κ2) is 5.25. The predicted molar refractivity (Wildman–Crippen MR) is 65.5 cm³/mol. The molecule has 0 bridgehead atoms. The van der Waals surface area contributed by atoms with E-state index >= 15 is 0 Å². The lowest BCUT2D eigenvalue weighted by molar-refractivity contribution is 0.218. The molecule has 0 saturated heterocycles. The van der Waals surface area contributed by atoms with Gasteiger partial charge >= 0.3 is 0 Å². The summed E-state index contributed by atoms with van der Waals surface area (Å²) in [4.78, 5) is 8.38. The molecule has 1 aromatic heterocycles. The van der Waals surface area contributed by atoms with Gasteiger partial charge in [0.05, 0.1) is 12.1 Å². The van der Waals surface area contributed by atoms with Crippen LogP contribution in [0, 0.1) is 0 Å². The van der Waals surface area contributed by atoms with Gasteiger partial charge in [-0.2, -0.15) is 0 Å². The van der Waals surface area contributed by atoms with Gasteiger partial charge < -0.3 is 10.4 Å². The van der Waals surface area contributed by atoms with Crippen molar-refractivity contribution in [2.24, 2.45) is 0 Å². The molecule has 4 nitrogen and oxygen atoms in total. The Hall–Kier alpha value is -1.16. The van der Waals surface area contributed by atoms with Gasteiger partial charge in [-0.3, -0.25) is 0 Å². The van der Waals surface area contributed by atoms with E-state index in [-0.39, 0.29) is 12.1 Å². The zero-order valence-electron chi connectivity index (χ0n) is 10.5. The quantitative estimate of drug-likeness (QED) is 0.803. The molecule has 4 heteroatoms. The van der Waals surface area contributed by atoms with Crippen LogP contribution in [0.2, 0.25) is 0 Å². The number of aromatic nitrogens is 2. The van der Waals surface area contributed by atoms with Crippen molar-refractivity contribution in [2.75, 3.05) is 11.9 Å². The average molecular weight is 223 g/mol. The largest absolute Gasteiger partial charge is 0.394 e. The summed E-state index contributed by atoms with van der Waals surface area (Å²) >= 11 is 0. The number of hydrogen-bond acceptors (Lipinski definition) is 4. The number of rotatable bonds is 5. The van der Waals surface area contributed by atoms with Crippen LogP contribution in [0.15, 0.2) is 12.4 Å². The maximum Gasteiger partial charge on any atom is 0.130 e. The molecule has 90 valence electrons. The van der Waals surface area contributed by atoms with E-state index < -0.39 is 0 Å². The second-order valence-corrected chi connectivity index (χ2v) is 4.68. The summed E-state index contributed by atoms with van der Waals surface area (Å²) in [6, 6.07) is 1.94. The van der Waals surface area contributed by atoms with Crippen molar-refractivity contribution in [3.8, 4) is 0 Å². The minimum atomic E-state index is -0.317. The lowest BCUT2D eigenvalue weighted by Gasteiger charge is -2.27. The second-order valence-electron chi connectivity index (χ2n) is 4.68. The molecular formula is C12H21N3O. The highest BCUT2D eigenvalue weighted by Crippen LogP contribution is 2.19. The Labute approximate surface area is 97.1 Å². The smallest absolute Gasteiger partial charge is 0.130 e. The lowest BCUT2D eigenvalue weighted by atomic mass is 10.0. The summed E-state index contributed by atoms with van der Waals surface area (Å²) in [6.45, 7) is 8.29. The van der Waals surface area contributed by atoms with Gasteiger partial charge in [0, 0.05) is 11.8 Å². The van der Waals surface area contributed by atoms with Crippen LogP contribution >= 0.6 is 0 Å². The van der Waals surface area contributed by atoms with E-state index in [2.05, 4.69) is 29.1 Å². The lowest BCUT2D eigenvalue weighted by Crippen LogP contribution is -2.38. The van der Waals surface area contributed by atoms with E-state index in [9.17, 15) is 5.11 Å². The Kier molecular flexibility index (Phi) is 4.24. The molecule has 1 atom stereocenters. The first-order valence-corrected chi connectivity index (χ1v) is 5.71. The Morgan fingerprint density at radius 2 is 2.12 bits per heavy atom. The summed E-state index contributed by atoms with van der Waals surface area (Å²) in [5.74, 6) is 1.16. The molecule has 0 aliphatic heterocycles. The maximum atomic E-state index is 9.32. The summed E-state index contributed by atoms with van der Waals surface area (Å²) < 4.78 is 0. The fourth-order valence-corrected chi connectivity index (χ4v) is 1.31. The van der Waals surface area contributed by atoms with Gasteiger partial charge in [-0.1, -0.05) is 20.8 Å². The third-order valence-corrected chi connectivity index (χ3v) is 2.84. The van der Waals surface area contributed by atoms with Gasteiger partial charge in [-0.05, 0) is 19.3 Å². The first kappa shape index (κ1) is 12.9. The topological polar surface area (TPSA) is 58.0 Å². The zero-order chi connectivity index (χ0) is 12.2. The van der Waals surface area contributed by atoms with Crippen LogP contribution in [0.25, 0.3) is 0 Å². The highest BCUT2D eigenvalue weighted by atomic mass is 16.3. The van der Waals surface area contributed by atoms with Crippen molar-refractivity contribution >= 4 is 5.82 Å². The number of aliphatic hydroxyl groups excluding tert-OH is 1. The van der Waals surface area contributed by atoms with Crippen molar-refractivity contribution < 1.29 is 5.11 Å². The summed E-state index contributed by atoms with van der Waals surface area (Å²) in [7, 11) is 0. The van der Waals surface area contributed by atoms with E-state index in [0.29, 0.717) is 5.92 Å². The summed E-state index contributed by atoms with van der Waals surface area (Å²) in [6.07, 6.45) is 2.40. The molecule has 0 aliphatic carbocycles. The fourth-order valence-electron chi connectivity index (χ4n) is 1.31. The Morgan fingerprint density at radius 3 is 2.62 bits per heavy atom. The average Bonchev–Trinajstić information content (AvgIpc) is 2.29. The van der Waals surface area contributed by atoms with Crippen molar-refractivity contribution in [3.63, 3.8) is 0 Å². The predicted octanol–water partition coefficient (Wildman–Crippen LogP) is 2.17. The van der Waals surface area contributed by atoms with Crippen LogP contribution in [-0.2, 0) is 0 Å². The molecule has 1 unspecified atom stereocenters. The fraction of sp³-hybridized carbons (Fsp3) is 0.667. The van der Waals surface area contributed by atoms with E-state index in [1.165, 1.54) is 0 Å². The third-order valence-electron chi connectivity index (χ3n) is 2.84. The van der Waals surface area contributed by atoms with Gasteiger partial charge in [0.25, 0.3) is 0 Å². The normalized spacial score (nSPS) is 14.9. The Bertz CT molecular complexity index is 335. The maximum absolute atomic E-state index is 9.32. The molecule has 0 saturated carbocycles. The number of hydrogen-bond donors (Lipinski definition) is 2. The molecular weight excluding hydrogens is 202 g/mol. The summed E-state index contributed by atoms with van der Waals surface area (Å²) in [5, 5.41) is 12.6. The van der Waals surface area contributed by atoms with Crippen LogP contribution in [0.4, 0.5) is 5.82 Å². The standard InChI is InChI=1S/C12H21N3O/c1-5-12(4,7-16)15-11-6-10(9(2)3)13-8-14-11/h6,8-9,16H,5,7H2,1-4H3,(H,13,14,15). The molecule has 0 aromatic carbocycles. The highest BCUT2D eigenvalue weighted by molar-refractivity contribution is 5.38. The molecule has 0 fully saturated rings. The molecule has 1 aromatic rings. The van der Waals surface area contributed by atoms with Gasteiger partial charge in [-0.15, -0.1) is 0 Å². The Morgan fingerprint density at radius 1 is 1.44 bits per heavy atom. The van der Waals surface area contributed by atoms with Crippen LogP contribution in [0.5, 0.6) is 0 Å². The number of nitrogens with one attached hydrogen (secondary N) is 1. The minimum absolute atomic E-state index is 0.0878. The van der Waals surface area contributed by atoms with Crippen LogP contribution in [0.3, 0.4) is 0 Å². The number of aliphatic hydroxyl groups is 1. The molecule has 2 N–H and O–H groups in total. The SMILES string of the molecule is CCC(C)(CO)Nc1cc(C(C)C)ncn1. The highest BCUT2D eigenvalue weighted by Gasteiger charge is 2.21. The Balaban J connectivity index is 2.85. The van der Waals surface area contributed by atoms with Crippen molar-refractivity contribution in [1.82, 2.24) is 9.97 Å². The van der Waals surface area contributed by atoms with Crippen LogP contribution in [-0.4, -0.2) is 27.2 Å². The molecule has 1 heterocycles. The van der Waals surface area contributed by atoms with E-state index in [0.717, 1.165) is 17.9 Å². The number of anilines is 1. The number of nitrogens with zero attached hydrogens (tertiary/aromatic N) is 2. The van der Waals surface area contributed by atoms with Crippen molar-refractivity contribution in [3.05, 3.63) is 18.1 Å². The van der Waals surface area contributed by atoms with E-state index in [4.69, 9.17) is 0 Å². The zero-order valence-corrected chi connectivity index (χ0v) is 10.5. The van der Waals surface area contributed by atoms with Gasteiger partial charge in [0.1, 0.15) is 12.1 Å². The van der Waals surface area contributed by atoms with Crippen molar-refractivity contribution in [1.29, 1.82) is 0 Å². The van der Waals surface area contributed by atoms with Crippen LogP contribution < -0.4 is 5.32 Å². The van der Waals surface area contributed by atoms with Gasteiger partial charge in [-0.25, -0.2) is 9.97 Å². The molecule has 16 heavy (non-hydrogen) atoms. The van der Waals surface area contributed by atoms with Crippen molar-refractivity contribution in [2.45, 2.75) is 45.6 Å². The van der Waals surface area contributed by atoms with Gasteiger partial charge in [0.2, 0.25) is 0 Å². The molecule has 0 spiro atoms. The van der Waals surface area contributed by atoms with Crippen LogP contribution in [0.1, 0.15) is 45.7 Å². The van der Waals surface area contributed by atoms with Gasteiger partial charge in [0.15, 0.2) is 0 Å². The third kappa shape index (κ3) is 3.17. The molecule has 0 amide bonds. The van der Waals surface area contributed by atoms with E-state index in [1.807, 2.05) is 19.9 Å². The minimum Gasteiger partial charge on any atom is -0.394 e. The molecule has 0 aliphatic rings. The first-order chi connectivity index (χ1) is 7.50.